The molecule has 6 aromatic rings. The molecule has 0 saturated heterocycles. The number of halogens is 1. The number of ether oxygens (including phenoxy) is 3. The van der Waals surface area contributed by atoms with Gasteiger partial charge in [-0.2, -0.15) is 9.10 Å². The Morgan fingerprint density at radius 3 is 1.76 bits per heavy atom. The van der Waals surface area contributed by atoms with Crippen LogP contribution in [0.2, 0.25) is 0 Å². The average Bonchev–Trinajstić information content (AvgIpc) is 3.61. The Kier molecular flexibility index (Phi) is 10.6. The van der Waals surface area contributed by atoms with E-state index in [0.717, 1.165) is 16.7 Å². The molecule has 5 aromatic carbocycles. The molecule has 51 heavy (non-hydrogen) atoms. The van der Waals surface area contributed by atoms with Crippen molar-refractivity contribution < 1.29 is 22.6 Å². The molecule has 0 saturated carbocycles. The Hall–Kier alpha value is -5.44. The number of hydrogen-bond acceptors (Lipinski definition) is 10. The minimum absolute atomic E-state index is 0.0481. The molecule has 0 spiro atoms. The number of nitrogens with two attached hydrogens (primary N) is 2. The minimum Gasteiger partial charge on any atom is -0.497 e. The number of nitrogen functional groups attached to an aromatic ring is 2. The van der Waals surface area contributed by atoms with Crippen molar-refractivity contribution >= 4 is 37.3 Å². The van der Waals surface area contributed by atoms with Crippen LogP contribution in [0.5, 0.6) is 17.2 Å². The Bertz CT molecular complexity index is 2200. The van der Waals surface area contributed by atoms with E-state index in [2.05, 4.69) is 26.2 Å². The van der Waals surface area contributed by atoms with Crippen LogP contribution in [0.25, 0.3) is 22.5 Å². The van der Waals surface area contributed by atoms with E-state index in [4.69, 9.17) is 30.8 Å². The lowest BCUT2D eigenvalue weighted by atomic mass is 9.97. The van der Waals surface area contributed by atoms with Crippen molar-refractivity contribution in [3.8, 4) is 39.8 Å². The lowest BCUT2D eigenvalue weighted by Gasteiger charge is -2.25. The largest absolute Gasteiger partial charge is 0.497 e. The van der Waals surface area contributed by atoms with E-state index in [-0.39, 0.29) is 35.9 Å². The molecule has 0 aliphatic carbocycles. The molecule has 0 atom stereocenters. The zero-order chi connectivity index (χ0) is 36.1. The highest BCUT2D eigenvalue weighted by Crippen LogP contribution is 2.44. The van der Waals surface area contributed by atoms with E-state index >= 15 is 8.42 Å². The Balaban J connectivity index is 1.52. The number of para-hydroxylation sites is 1. The third-order valence-corrected chi connectivity index (χ3v) is 11.1. The first-order valence-corrected chi connectivity index (χ1v) is 18.0. The predicted molar refractivity (Wildman–Crippen MR) is 200 cm³/mol. The van der Waals surface area contributed by atoms with E-state index < -0.39 is 10.0 Å². The monoisotopic (exact) mass is 769 g/mol. The summed E-state index contributed by atoms with van der Waals surface area (Å²) in [5, 5.41) is 13.4. The summed E-state index contributed by atoms with van der Waals surface area (Å²) in [4.78, 5) is 1.36. The van der Waals surface area contributed by atoms with Crippen LogP contribution in [0.15, 0.2) is 112 Å². The van der Waals surface area contributed by atoms with Crippen molar-refractivity contribution in [3.05, 3.63) is 124 Å². The molecule has 0 aliphatic heterocycles. The molecule has 1 heterocycles. The highest BCUT2D eigenvalue weighted by molar-refractivity contribution is 9.10. The second kappa shape index (κ2) is 15.2. The van der Waals surface area contributed by atoms with Gasteiger partial charge in [-0.3, -0.25) is 0 Å². The summed E-state index contributed by atoms with van der Waals surface area (Å²) in [6.07, 6.45) is 0. The number of nitrogens with zero attached hydrogens (tertiary/aromatic N) is 5. The number of rotatable bonds is 13. The summed E-state index contributed by atoms with van der Waals surface area (Å²) >= 11 is 3.58. The summed E-state index contributed by atoms with van der Waals surface area (Å²) in [6.45, 7) is 0.378. The van der Waals surface area contributed by atoms with Crippen molar-refractivity contribution in [1.29, 1.82) is 0 Å². The van der Waals surface area contributed by atoms with Gasteiger partial charge in [0.25, 0.3) is 0 Å². The maximum Gasteiger partial charge on any atom is 0.245 e. The van der Waals surface area contributed by atoms with Gasteiger partial charge >= 0.3 is 0 Å². The fraction of sp³-hybridized carbons (Fsp3) is 0.162. The van der Waals surface area contributed by atoms with E-state index in [1.807, 2.05) is 48.5 Å². The third kappa shape index (κ3) is 7.67. The maximum absolute atomic E-state index is 15.2. The van der Waals surface area contributed by atoms with Crippen LogP contribution in [-0.4, -0.2) is 54.3 Å². The quantitative estimate of drug-likeness (QED) is 0.126. The normalized spacial score (nSPS) is 11.5. The molecule has 12 nitrogen and oxygen atoms in total. The molecular weight excluding hydrogens is 734 g/mol. The molecule has 1 aromatic heterocycles. The van der Waals surface area contributed by atoms with Crippen molar-refractivity contribution in [2.24, 2.45) is 0 Å². The van der Waals surface area contributed by atoms with Gasteiger partial charge in [0.1, 0.15) is 22.1 Å². The van der Waals surface area contributed by atoms with Crippen LogP contribution < -0.4 is 25.7 Å². The summed E-state index contributed by atoms with van der Waals surface area (Å²) < 4.78 is 48.1. The zero-order valence-corrected chi connectivity index (χ0v) is 30.6. The summed E-state index contributed by atoms with van der Waals surface area (Å²) in [6, 6.07) is 30.7. The van der Waals surface area contributed by atoms with Crippen LogP contribution in [0.1, 0.15) is 16.7 Å². The van der Waals surface area contributed by atoms with Crippen LogP contribution >= 0.6 is 15.9 Å². The molecule has 6 rings (SSSR count). The fourth-order valence-electron chi connectivity index (χ4n) is 5.60. The van der Waals surface area contributed by atoms with Gasteiger partial charge in [0.2, 0.25) is 15.8 Å². The van der Waals surface area contributed by atoms with E-state index in [9.17, 15) is 0 Å². The van der Waals surface area contributed by atoms with E-state index in [1.54, 1.807) is 75.9 Å². The first kappa shape index (κ1) is 35.4. The predicted octanol–water partition coefficient (Wildman–Crippen LogP) is 6.40. The molecule has 0 unspecified atom stereocenters. The van der Waals surface area contributed by atoms with Gasteiger partial charge in [-0.25, -0.2) is 8.42 Å². The van der Waals surface area contributed by atoms with Crippen molar-refractivity contribution in [3.63, 3.8) is 0 Å². The van der Waals surface area contributed by atoms with Gasteiger partial charge in [0.15, 0.2) is 0 Å². The maximum atomic E-state index is 15.2. The van der Waals surface area contributed by atoms with Crippen LogP contribution in [-0.2, 0) is 29.7 Å². The van der Waals surface area contributed by atoms with Gasteiger partial charge in [0.05, 0.1) is 44.8 Å². The van der Waals surface area contributed by atoms with Crippen molar-refractivity contribution in [2.45, 2.75) is 24.5 Å². The van der Waals surface area contributed by atoms with E-state index in [1.165, 1.54) is 9.10 Å². The first-order chi connectivity index (χ1) is 24.6. The number of sulfonamides is 1. The Morgan fingerprint density at radius 1 is 0.706 bits per heavy atom. The van der Waals surface area contributed by atoms with Gasteiger partial charge in [-0.1, -0.05) is 54.6 Å². The topological polar surface area (TPSA) is 161 Å². The third-order valence-electron chi connectivity index (χ3n) is 8.33. The fourth-order valence-corrected chi connectivity index (χ4v) is 8.22. The van der Waals surface area contributed by atoms with Gasteiger partial charge in [-0.05, 0) is 91.9 Å². The molecule has 4 N–H and O–H groups in total. The second-order valence-corrected chi connectivity index (χ2v) is 14.3. The number of hydrogen-bond donors (Lipinski definition) is 2. The molecule has 0 radical (unpaired) electrons. The minimum atomic E-state index is -4.33. The molecular formula is C37H36BrN7O5S. The van der Waals surface area contributed by atoms with Crippen molar-refractivity contribution in [1.82, 2.24) is 24.5 Å². The molecule has 262 valence electrons. The second-order valence-electron chi connectivity index (χ2n) is 11.6. The highest BCUT2D eigenvalue weighted by atomic mass is 79.9. The van der Waals surface area contributed by atoms with Gasteiger partial charge in [-0.15, -0.1) is 10.2 Å². The average molecular weight is 771 g/mol. The molecule has 0 bridgehead atoms. The molecule has 0 amide bonds. The van der Waals surface area contributed by atoms with E-state index in [0.29, 0.717) is 44.2 Å². The van der Waals surface area contributed by atoms with Crippen LogP contribution in [0.3, 0.4) is 0 Å². The lowest BCUT2D eigenvalue weighted by molar-refractivity contribution is 0.397. The smallest absolute Gasteiger partial charge is 0.245 e. The zero-order valence-electron chi connectivity index (χ0n) is 28.2. The summed E-state index contributed by atoms with van der Waals surface area (Å²) in [5.41, 5.74) is 17.0. The Labute approximate surface area is 304 Å². The number of tetrazole rings is 1. The first-order valence-electron chi connectivity index (χ1n) is 15.7. The number of methoxy groups -OCH3 is 3. The van der Waals surface area contributed by atoms with Crippen LogP contribution in [0.4, 0.5) is 11.4 Å². The SMILES string of the molecule is COc1ccc(CN(Cc2ccc(OC)cc2)S(=O)(=O)c2c(Br)ccc(-c3cccc(N)c3N)c2-c2nnn(Cc3ccc(OC)cc3)n2)cc1. The van der Waals surface area contributed by atoms with Gasteiger partial charge in [0, 0.05) is 23.1 Å². The van der Waals surface area contributed by atoms with Crippen molar-refractivity contribution in [2.75, 3.05) is 32.8 Å². The summed E-state index contributed by atoms with van der Waals surface area (Å²) in [5.74, 6) is 2.12. The highest BCUT2D eigenvalue weighted by Gasteiger charge is 2.34. The lowest BCUT2D eigenvalue weighted by Crippen LogP contribution is -2.31. The number of aromatic nitrogens is 4. The Morgan fingerprint density at radius 2 is 1.24 bits per heavy atom. The molecule has 14 heteroatoms. The van der Waals surface area contributed by atoms with Gasteiger partial charge < -0.3 is 25.7 Å². The van der Waals surface area contributed by atoms with Crippen LogP contribution in [0, 0.1) is 0 Å². The molecule has 0 fully saturated rings. The molecule has 0 aliphatic rings. The number of benzene rings is 5. The summed E-state index contributed by atoms with van der Waals surface area (Å²) in [7, 11) is 0.431. The standard InChI is InChI=1S/C37H36BrN7O5S/c1-48-27-13-7-24(8-14-27)21-44(22-25-9-15-28(49-2)16-10-25)51(46,47)36-32(38)20-19-30(31-5-4-6-33(39)35(31)40)34(36)37-41-43-45(42-37)23-26-11-17-29(50-3)18-12-26/h4-20H,21-23,39-40H2,1-3H3. The number of anilines is 2.